The average molecular weight is 344 g/mol. The second-order valence-electron chi connectivity index (χ2n) is 4.91. The van der Waals surface area contributed by atoms with Gasteiger partial charge in [0.25, 0.3) is 5.91 Å². The molecule has 0 fully saturated rings. The number of para-hydroxylation sites is 1. The number of halogens is 1. The molecule has 0 aliphatic rings. The van der Waals surface area contributed by atoms with E-state index in [9.17, 15) is 4.79 Å². The van der Waals surface area contributed by atoms with Gasteiger partial charge in [-0.25, -0.2) is 0 Å². The van der Waals surface area contributed by atoms with Crippen LogP contribution in [0.4, 0.5) is 5.69 Å². The summed E-state index contributed by atoms with van der Waals surface area (Å²) < 4.78 is 2.68. The lowest BCUT2D eigenvalue weighted by atomic mass is 10.2. The van der Waals surface area contributed by atoms with Crippen LogP contribution in [0.3, 0.4) is 0 Å². The zero-order valence-electron chi connectivity index (χ0n) is 11.7. The van der Waals surface area contributed by atoms with Crippen molar-refractivity contribution in [2.45, 2.75) is 6.92 Å². The Bertz CT molecular complexity index is 839. The van der Waals surface area contributed by atoms with E-state index in [-0.39, 0.29) is 5.91 Å². The fourth-order valence-electron chi connectivity index (χ4n) is 2.24. The molecule has 3 rings (SSSR count). The van der Waals surface area contributed by atoms with Gasteiger partial charge in [-0.3, -0.25) is 9.48 Å². The molecule has 0 spiro atoms. The highest BCUT2D eigenvalue weighted by Gasteiger charge is 2.15. The van der Waals surface area contributed by atoms with Crippen LogP contribution in [0.25, 0.3) is 10.9 Å². The van der Waals surface area contributed by atoms with Crippen molar-refractivity contribution < 1.29 is 4.79 Å². The molecule has 0 aliphatic heterocycles. The predicted octanol–water partition coefficient (Wildman–Crippen LogP) is 3.90. The monoisotopic (exact) mass is 343 g/mol. The van der Waals surface area contributed by atoms with E-state index in [0.29, 0.717) is 5.69 Å². The Labute approximate surface area is 130 Å². The Hall–Kier alpha value is -2.14. The van der Waals surface area contributed by atoms with Gasteiger partial charge in [-0.05, 0) is 30.7 Å². The topological polar surface area (TPSA) is 46.9 Å². The molecular formula is C16H14BrN3O. The van der Waals surface area contributed by atoms with Crippen LogP contribution in [0.15, 0.2) is 46.9 Å². The van der Waals surface area contributed by atoms with Crippen molar-refractivity contribution in [3.05, 3.63) is 58.2 Å². The number of carbonyl (C=O) groups excluding carboxylic acids is 1. The number of hydrogen-bond donors (Lipinski definition) is 1. The number of amides is 1. The van der Waals surface area contributed by atoms with Gasteiger partial charge in [0, 0.05) is 22.6 Å². The van der Waals surface area contributed by atoms with E-state index in [1.54, 1.807) is 4.68 Å². The Kier molecular flexibility index (Phi) is 3.51. The van der Waals surface area contributed by atoms with Crippen LogP contribution < -0.4 is 5.32 Å². The molecule has 1 N–H and O–H groups in total. The minimum absolute atomic E-state index is 0.206. The second kappa shape index (κ2) is 5.33. The summed E-state index contributed by atoms with van der Waals surface area (Å²) in [6.07, 6.45) is 0. The maximum atomic E-state index is 12.4. The van der Waals surface area contributed by atoms with Crippen molar-refractivity contribution in [1.29, 1.82) is 0 Å². The van der Waals surface area contributed by atoms with Crippen LogP contribution in [0.1, 0.15) is 16.1 Å². The molecule has 5 heteroatoms. The third kappa shape index (κ3) is 2.56. The highest BCUT2D eigenvalue weighted by atomic mass is 79.9. The molecular weight excluding hydrogens is 330 g/mol. The largest absolute Gasteiger partial charge is 0.321 e. The van der Waals surface area contributed by atoms with Crippen molar-refractivity contribution in [3.8, 4) is 0 Å². The van der Waals surface area contributed by atoms with Crippen molar-refractivity contribution in [2.75, 3.05) is 5.32 Å². The van der Waals surface area contributed by atoms with Crippen molar-refractivity contribution in [2.24, 2.45) is 7.05 Å². The fourth-order valence-corrected chi connectivity index (χ4v) is 2.62. The van der Waals surface area contributed by atoms with Crippen LogP contribution in [-0.2, 0) is 7.05 Å². The van der Waals surface area contributed by atoms with Gasteiger partial charge < -0.3 is 5.32 Å². The third-order valence-electron chi connectivity index (χ3n) is 3.40. The van der Waals surface area contributed by atoms with Gasteiger partial charge in [0.1, 0.15) is 0 Å². The molecule has 0 saturated heterocycles. The predicted molar refractivity (Wildman–Crippen MR) is 87.5 cm³/mol. The van der Waals surface area contributed by atoms with Crippen molar-refractivity contribution >= 4 is 38.4 Å². The molecule has 106 valence electrons. The molecule has 0 aliphatic carbocycles. The summed E-state index contributed by atoms with van der Waals surface area (Å²) in [6.45, 7) is 2.00. The van der Waals surface area contributed by atoms with E-state index in [2.05, 4.69) is 26.3 Å². The second-order valence-corrected chi connectivity index (χ2v) is 5.76. The molecule has 1 amide bonds. The maximum Gasteiger partial charge on any atom is 0.276 e. The van der Waals surface area contributed by atoms with E-state index >= 15 is 0 Å². The normalized spacial score (nSPS) is 10.8. The zero-order valence-corrected chi connectivity index (χ0v) is 13.3. The number of benzene rings is 2. The van der Waals surface area contributed by atoms with E-state index in [1.807, 2.05) is 56.4 Å². The Balaban J connectivity index is 1.95. The van der Waals surface area contributed by atoms with E-state index < -0.39 is 0 Å². The summed E-state index contributed by atoms with van der Waals surface area (Å²) in [4.78, 5) is 12.4. The number of hydrogen-bond acceptors (Lipinski definition) is 2. The van der Waals surface area contributed by atoms with Gasteiger partial charge in [0.2, 0.25) is 0 Å². The number of nitrogens with one attached hydrogen (secondary N) is 1. The minimum Gasteiger partial charge on any atom is -0.321 e. The minimum atomic E-state index is -0.206. The molecule has 3 aromatic rings. The first-order chi connectivity index (χ1) is 10.1. The molecule has 1 heterocycles. The molecule has 0 unspecified atom stereocenters. The first-order valence-electron chi connectivity index (χ1n) is 6.55. The summed E-state index contributed by atoms with van der Waals surface area (Å²) in [7, 11) is 1.83. The van der Waals surface area contributed by atoms with E-state index in [1.165, 1.54) is 0 Å². The molecule has 1 aromatic heterocycles. The summed E-state index contributed by atoms with van der Waals surface area (Å²) in [5.41, 5.74) is 3.24. The first-order valence-corrected chi connectivity index (χ1v) is 7.35. The number of rotatable bonds is 2. The number of aromatic nitrogens is 2. The number of anilines is 1. The number of nitrogens with zero attached hydrogens (tertiary/aromatic N) is 2. The van der Waals surface area contributed by atoms with Crippen LogP contribution in [-0.4, -0.2) is 15.7 Å². The molecule has 0 bridgehead atoms. The third-order valence-corrected chi connectivity index (χ3v) is 4.26. The van der Waals surface area contributed by atoms with Crippen LogP contribution in [0.5, 0.6) is 0 Å². The highest BCUT2D eigenvalue weighted by molar-refractivity contribution is 9.10. The molecule has 0 saturated carbocycles. The summed E-state index contributed by atoms with van der Waals surface area (Å²) in [5, 5.41) is 8.06. The maximum absolute atomic E-state index is 12.4. The number of aryl methyl sites for hydroxylation is 2. The zero-order chi connectivity index (χ0) is 15.0. The van der Waals surface area contributed by atoms with Gasteiger partial charge >= 0.3 is 0 Å². The summed E-state index contributed by atoms with van der Waals surface area (Å²) in [5.74, 6) is -0.206. The summed E-state index contributed by atoms with van der Waals surface area (Å²) >= 11 is 3.47. The lowest BCUT2D eigenvalue weighted by Crippen LogP contribution is -2.13. The highest BCUT2D eigenvalue weighted by Crippen LogP contribution is 2.22. The molecule has 4 nitrogen and oxygen atoms in total. The molecule has 0 atom stereocenters. The molecule has 21 heavy (non-hydrogen) atoms. The van der Waals surface area contributed by atoms with Crippen LogP contribution in [0.2, 0.25) is 0 Å². The van der Waals surface area contributed by atoms with Crippen molar-refractivity contribution in [1.82, 2.24) is 9.78 Å². The van der Waals surface area contributed by atoms with Crippen LogP contribution in [0, 0.1) is 6.92 Å². The van der Waals surface area contributed by atoms with Gasteiger partial charge in [-0.1, -0.05) is 40.2 Å². The smallest absolute Gasteiger partial charge is 0.276 e. The van der Waals surface area contributed by atoms with Gasteiger partial charge in [0.15, 0.2) is 5.69 Å². The van der Waals surface area contributed by atoms with E-state index in [4.69, 9.17) is 0 Å². The van der Waals surface area contributed by atoms with Gasteiger partial charge in [0.05, 0.1) is 5.52 Å². The average Bonchev–Trinajstić information content (AvgIpc) is 2.81. The SMILES string of the molecule is Cc1ccc(NC(=O)c2nn(C)c3ccccc23)cc1Br. The van der Waals surface area contributed by atoms with Gasteiger partial charge in [-0.2, -0.15) is 5.10 Å². The van der Waals surface area contributed by atoms with E-state index in [0.717, 1.165) is 26.6 Å². The van der Waals surface area contributed by atoms with Crippen molar-refractivity contribution in [3.63, 3.8) is 0 Å². The quantitative estimate of drug-likeness (QED) is 0.767. The molecule has 0 radical (unpaired) electrons. The lowest BCUT2D eigenvalue weighted by Gasteiger charge is -2.05. The number of fused-ring (bicyclic) bond motifs is 1. The molecule has 2 aromatic carbocycles. The standard InChI is InChI=1S/C16H14BrN3O/c1-10-7-8-11(9-13(10)17)18-16(21)15-12-5-3-4-6-14(12)20(2)19-15/h3-9H,1-2H3,(H,18,21). The Morgan fingerprint density at radius 3 is 2.76 bits per heavy atom. The van der Waals surface area contributed by atoms with Crippen LogP contribution >= 0.6 is 15.9 Å². The lowest BCUT2D eigenvalue weighted by molar-refractivity contribution is 0.102. The van der Waals surface area contributed by atoms with Gasteiger partial charge in [-0.15, -0.1) is 0 Å². The fraction of sp³-hybridized carbons (Fsp3) is 0.125. The Morgan fingerprint density at radius 1 is 1.24 bits per heavy atom. The number of carbonyl (C=O) groups is 1. The first kappa shape index (κ1) is 13.8. The summed E-state index contributed by atoms with van der Waals surface area (Å²) in [6, 6.07) is 13.4. The Morgan fingerprint density at radius 2 is 2.00 bits per heavy atom.